The predicted octanol–water partition coefficient (Wildman–Crippen LogP) is 3.49. The van der Waals surface area contributed by atoms with Crippen molar-refractivity contribution in [3.63, 3.8) is 0 Å². The van der Waals surface area contributed by atoms with Crippen molar-refractivity contribution in [2.24, 2.45) is 17.8 Å². The second-order valence-corrected chi connectivity index (χ2v) is 8.04. The number of hydrogen-bond acceptors (Lipinski definition) is 2. The van der Waals surface area contributed by atoms with Crippen molar-refractivity contribution in [2.75, 3.05) is 0 Å². The zero-order valence-electron chi connectivity index (χ0n) is 13.2. The first kappa shape index (κ1) is 15.8. The number of nitrogens with zero attached hydrogens (tertiary/aromatic N) is 1. The third-order valence-corrected chi connectivity index (χ3v) is 5.41. The number of aliphatic carboxylic acids is 1. The molecule has 0 unspecified atom stereocenters. The van der Waals surface area contributed by atoms with Crippen molar-refractivity contribution < 1.29 is 15.1 Å². The van der Waals surface area contributed by atoms with Crippen LogP contribution in [0.1, 0.15) is 66.2 Å². The zero-order valence-corrected chi connectivity index (χ0v) is 13.2. The van der Waals surface area contributed by atoms with Crippen LogP contribution in [-0.4, -0.2) is 27.2 Å². The summed E-state index contributed by atoms with van der Waals surface area (Å²) in [6.45, 7) is 8.15. The molecule has 0 bridgehead atoms. The van der Waals surface area contributed by atoms with E-state index in [1.165, 1.54) is 5.06 Å². The highest BCUT2D eigenvalue weighted by Crippen LogP contribution is 2.47. The lowest BCUT2D eigenvalue weighted by Gasteiger charge is -2.52. The lowest BCUT2D eigenvalue weighted by atomic mass is 9.66. The fourth-order valence-corrected chi connectivity index (χ4v) is 4.51. The molecule has 115 valence electrons. The van der Waals surface area contributed by atoms with Crippen molar-refractivity contribution in [1.29, 1.82) is 0 Å². The van der Waals surface area contributed by atoms with E-state index in [-0.39, 0.29) is 17.0 Å². The van der Waals surface area contributed by atoms with E-state index in [9.17, 15) is 10.0 Å². The van der Waals surface area contributed by atoms with E-state index in [1.807, 2.05) is 27.7 Å². The summed E-state index contributed by atoms with van der Waals surface area (Å²) in [5.74, 6) is 0.364. The Labute approximate surface area is 122 Å². The summed E-state index contributed by atoms with van der Waals surface area (Å²) in [4.78, 5) is 11.0. The monoisotopic (exact) mass is 282 g/mol. The van der Waals surface area contributed by atoms with Gasteiger partial charge in [-0.3, -0.25) is 4.79 Å². The van der Waals surface area contributed by atoms with Crippen LogP contribution in [0.2, 0.25) is 0 Å². The lowest BCUT2D eigenvalue weighted by molar-refractivity contribution is -0.297. The predicted molar refractivity (Wildman–Crippen MR) is 76.5 cm³/mol. The van der Waals surface area contributed by atoms with Gasteiger partial charge in [0.25, 0.3) is 0 Å². The minimum Gasteiger partial charge on any atom is -0.481 e. The van der Waals surface area contributed by atoms with E-state index >= 15 is 0 Å². The van der Waals surface area contributed by atoms with Gasteiger partial charge in [-0.1, -0.05) is 0 Å². The topological polar surface area (TPSA) is 60.4 Å². The molecule has 1 radical (unpaired) electrons. The molecule has 0 aromatic carbocycles. The van der Waals surface area contributed by atoms with Gasteiger partial charge in [0.1, 0.15) is 0 Å². The maximum absolute atomic E-state index is 12.4. The maximum atomic E-state index is 12.4. The van der Waals surface area contributed by atoms with Gasteiger partial charge in [-0.15, -0.1) is 10.3 Å². The Hall–Kier alpha value is -0.610. The zero-order chi connectivity index (χ0) is 15.1. The summed E-state index contributed by atoms with van der Waals surface area (Å²) in [6.07, 6.45) is 5.49. The van der Waals surface area contributed by atoms with E-state index < -0.39 is 5.97 Å². The largest absolute Gasteiger partial charge is 0.481 e. The van der Waals surface area contributed by atoms with Gasteiger partial charge in [-0.2, -0.15) is 0 Å². The van der Waals surface area contributed by atoms with E-state index in [0.717, 1.165) is 38.5 Å². The molecule has 1 aliphatic carbocycles. The fourth-order valence-electron chi connectivity index (χ4n) is 4.51. The molecular weight excluding hydrogens is 254 g/mol. The fraction of sp³-hybridized carbons (Fsp3) is 0.938. The van der Waals surface area contributed by atoms with Crippen molar-refractivity contribution in [3.05, 3.63) is 0 Å². The van der Waals surface area contributed by atoms with E-state index in [2.05, 4.69) is 0 Å². The Balaban J connectivity index is 2.02. The smallest absolute Gasteiger partial charge is 0.306 e. The summed E-state index contributed by atoms with van der Waals surface area (Å²) in [5, 5.41) is 22.7. The van der Waals surface area contributed by atoms with Crippen molar-refractivity contribution in [3.8, 4) is 0 Å². The highest BCUT2D eigenvalue weighted by atomic mass is 16.5. The Morgan fingerprint density at radius 2 is 1.40 bits per heavy atom. The van der Waals surface area contributed by atoms with Gasteiger partial charge in [0.15, 0.2) is 0 Å². The van der Waals surface area contributed by atoms with E-state index in [4.69, 9.17) is 5.11 Å². The normalized spacial score (nSPS) is 34.9. The van der Waals surface area contributed by atoms with Crippen LogP contribution in [0.15, 0.2) is 0 Å². The molecule has 0 aromatic heterocycles. The molecular formula is C16H28NO3. The third-order valence-electron chi connectivity index (χ3n) is 5.41. The molecule has 1 heterocycles. The molecule has 0 spiro atoms. The highest BCUT2D eigenvalue weighted by Gasteiger charge is 2.48. The molecule has 1 saturated heterocycles. The number of hydrogen-bond donors (Lipinski definition) is 1. The minimum atomic E-state index is -0.640. The van der Waals surface area contributed by atoms with Crippen LogP contribution in [0.3, 0.4) is 0 Å². The number of carboxylic acids is 1. The molecule has 2 rings (SSSR count). The van der Waals surface area contributed by atoms with Crippen LogP contribution in [0.5, 0.6) is 0 Å². The van der Waals surface area contributed by atoms with Gasteiger partial charge < -0.3 is 5.11 Å². The van der Waals surface area contributed by atoms with Crippen LogP contribution < -0.4 is 0 Å². The Kier molecular flexibility index (Phi) is 4.18. The molecule has 4 heteroatoms. The summed E-state index contributed by atoms with van der Waals surface area (Å²) in [5.41, 5.74) is -0.619. The number of rotatable bonds is 2. The van der Waals surface area contributed by atoms with Crippen LogP contribution in [0.25, 0.3) is 0 Å². The number of hydroxylamine groups is 2. The quantitative estimate of drug-likeness (QED) is 0.843. The van der Waals surface area contributed by atoms with Crippen LogP contribution in [-0.2, 0) is 10.0 Å². The van der Waals surface area contributed by atoms with Crippen LogP contribution in [0, 0.1) is 17.8 Å². The molecule has 4 nitrogen and oxygen atoms in total. The van der Waals surface area contributed by atoms with E-state index in [1.54, 1.807) is 0 Å². The Morgan fingerprint density at radius 1 is 0.950 bits per heavy atom. The molecule has 0 amide bonds. The summed E-state index contributed by atoms with van der Waals surface area (Å²) in [6, 6.07) is 0. The highest BCUT2D eigenvalue weighted by molar-refractivity contribution is 5.69. The van der Waals surface area contributed by atoms with E-state index in [0.29, 0.717) is 11.8 Å². The van der Waals surface area contributed by atoms with Crippen molar-refractivity contribution in [1.82, 2.24) is 5.06 Å². The summed E-state index contributed by atoms with van der Waals surface area (Å²) >= 11 is 0. The second kappa shape index (κ2) is 5.30. The summed E-state index contributed by atoms with van der Waals surface area (Å²) < 4.78 is 0. The first-order valence-corrected chi connectivity index (χ1v) is 7.84. The number of piperidine rings is 1. The maximum Gasteiger partial charge on any atom is 0.306 e. The van der Waals surface area contributed by atoms with Gasteiger partial charge in [-0.25, -0.2) is 0 Å². The first-order chi connectivity index (χ1) is 9.13. The Bertz CT molecular complexity index is 352. The Morgan fingerprint density at radius 3 is 1.80 bits per heavy atom. The van der Waals surface area contributed by atoms with Gasteiger partial charge in [0.05, 0.1) is 5.92 Å². The number of carboxylic acid groups (broad SMARTS) is 1. The molecule has 0 aromatic rings. The minimum absolute atomic E-state index is 0.146. The first-order valence-electron chi connectivity index (χ1n) is 7.84. The van der Waals surface area contributed by atoms with Crippen LogP contribution >= 0.6 is 0 Å². The molecule has 1 N–H and O–H groups in total. The standard InChI is InChI=1S/C16H28NO3/c1-15(2)9-13(10-16(3,4)17(15)20)11-5-7-12(8-6-11)14(18)19/h11-13H,5-10H2,1-4H3,(H,18,19). The van der Waals surface area contributed by atoms with Crippen LogP contribution in [0.4, 0.5) is 0 Å². The van der Waals surface area contributed by atoms with Gasteiger partial charge in [0.2, 0.25) is 0 Å². The molecule has 20 heavy (non-hydrogen) atoms. The molecule has 2 aliphatic rings. The van der Waals surface area contributed by atoms with Gasteiger partial charge in [0, 0.05) is 11.1 Å². The van der Waals surface area contributed by atoms with Gasteiger partial charge in [-0.05, 0) is 78.1 Å². The average Bonchev–Trinajstić information content (AvgIpc) is 2.35. The number of carbonyl (C=O) groups is 1. The second-order valence-electron chi connectivity index (χ2n) is 8.04. The van der Waals surface area contributed by atoms with Gasteiger partial charge >= 0.3 is 5.97 Å². The lowest BCUT2D eigenvalue weighted by Crippen LogP contribution is -2.59. The summed E-state index contributed by atoms with van der Waals surface area (Å²) in [7, 11) is 0. The molecule has 1 saturated carbocycles. The molecule has 2 fully saturated rings. The third kappa shape index (κ3) is 3.01. The molecule has 0 atom stereocenters. The SMILES string of the molecule is CC1(C)CC(C2CCC(C(=O)O)CC2)CC(C)(C)N1[O]. The van der Waals surface area contributed by atoms with Crippen molar-refractivity contribution in [2.45, 2.75) is 77.3 Å². The molecule has 1 aliphatic heterocycles. The van der Waals surface area contributed by atoms with Crippen molar-refractivity contribution >= 4 is 5.97 Å². The average molecular weight is 282 g/mol.